The highest BCUT2D eigenvalue weighted by Gasteiger charge is 2.36. The lowest BCUT2D eigenvalue weighted by molar-refractivity contribution is -0.143. The Balaban J connectivity index is 1.47. The average Bonchev–Trinajstić information content (AvgIpc) is 3.20. The molecule has 3 amide bonds. The summed E-state index contributed by atoms with van der Waals surface area (Å²) in [6.45, 7) is 4.03. The van der Waals surface area contributed by atoms with Crippen molar-refractivity contribution in [1.82, 2.24) is 4.90 Å². The number of para-hydroxylation sites is 2. The Bertz CT molecular complexity index is 1330. The number of hydrogen-bond donors (Lipinski definition) is 1. The minimum atomic E-state index is -0.564. The van der Waals surface area contributed by atoms with Crippen molar-refractivity contribution in [3.8, 4) is 11.5 Å². The second kappa shape index (κ2) is 13.9. The highest BCUT2D eigenvalue weighted by Crippen LogP contribution is 2.37. The number of carbonyl (C=O) groups is 4. The number of methoxy groups -OCH3 is 1. The van der Waals surface area contributed by atoms with Gasteiger partial charge in [-0.3, -0.25) is 19.3 Å². The van der Waals surface area contributed by atoms with E-state index in [0.29, 0.717) is 59.2 Å². The molecule has 2 aliphatic heterocycles. The van der Waals surface area contributed by atoms with Gasteiger partial charge in [0.2, 0.25) is 5.91 Å². The van der Waals surface area contributed by atoms with Crippen LogP contribution in [0.2, 0.25) is 0 Å². The smallest absolute Gasteiger partial charge is 0.343 e. The van der Waals surface area contributed by atoms with E-state index in [1.54, 1.807) is 31.2 Å². The number of ether oxygens (including phenoxy) is 4. The molecule has 0 atom stereocenters. The number of anilines is 2. The van der Waals surface area contributed by atoms with Crippen molar-refractivity contribution >= 4 is 74.8 Å². The first-order valence-corrected chi connectivity index (χ1v) is 14.3. The van der Waals surface area contributed by atoms with Crippen molar-refractivity contribution in [3.63, 3.8) is 0 Å². The highest BCUT2D eigenvalue weighted by molar-refractivity contribution is 14.1. The van der Waals surface area contributed by atoms with Crippen molar-refractivity contribution in [2.24, 2.45) is 0 Å². The van der Waals surface area contributed by atoms with Crippen molar-refractivity contribution < 1.29 is 38.1 Å². The van der Waals surface area contributed by atoms with Crippen LogP contribution in [0.3, 0.4) is 0 Å². The van der Waals surface area contributed by atoms with E-state index in [9.17, 15) is 19.2 Å². The van der Waals surface area contributed by atoms with Crippen LogP contribution in [-0.4, -0.2) is 81.1 Å². The molecule has 11 nitrogen and oxygen atoms in total. The van der Waals surface area contributed by atoms with E-state index in [1.807, 2.05) is 40.8 Å². The highest BCUT2D eigenvalue weighted by atomic mass is 127. The van der Waals surface area contributed by atoms with Gasteiger partial charge in [0.25, 0.3) is 11.1 Å². The van der Waals surface area contributed by atoms with Crippen LogP contribution in [0.25, 0.3) is 6.08 Å². The predicted molar refractivity (Wildman–Crippen MR) is 159 cm³/mol. The number of imide groups is 1. The van der Waals surface area contributed by atoms with Crippen LogP contribution < -0.4 is 19.7 Å². The number of rotatable bonds is 10. The molecule has 0 radical (unpaired) electrons. The quantitative estimate of drug-likeness (QED) is 0.225. The lowest BCUT2D eigenvalue weighted by Gasteiger charge is -2.30. The van der Waals surface area contributed by atoms with E-state index in [-0.39, 0.29) is 11.5 Å². The Morgan fingerprint density at radius 2 is 1.90 bits per heavy atom. The first-order valence-electron chi connectivity index (χ1n) is 12.4. The van der Waals surface area contributed by atoms with E-state index >= 15 is 0 Å². The Labute approximate surface area is 249 Å². The Hall–Kier alpha value is -3.30. The summed E-state index contributed by atoms with van der Waals surface area (Å²) in [5, 5.41) is 2.30. The molecule has 2 heterocycles. The van der Waals surface area contributed by atoms with Gasteiger partial charge in [-0.2, -0.15) is 0 Å². The largest absolute Gasteiger partial charge is 0.490 e. The molecule has 2 fully saturated rings. The first-order chi connectivity index (χ1) is 19.3. The maximum Gasteiger partial charge on any atom is 0.343 e. The summed E-state index contributed by atoms with van der Waals surface area (Å²) in [5.74, 6) is -0.839. The SMILES string of the molecule is CCOc1cc(/C=C2/SC(=O)N(CC(=O)Nc3ccccc3N3CCOCC3)C2=O)cc(I)c1OCC(=O)OC. The number of hydrogen-bond acceptors (Lipinski definition) is 10. The summed E-state index contributed by atoms with van der Waals surface area (Å²) in [6, 6.07) is 10.8. The van der Waals surface area contributed by atoms with Gasteiger partial charge in [-0.1, -0.05) is 12.1 Å². The number of nitrogens with one attached hydrogen (secondary N) is 1. The average molecular weight is 682 g/mol. The van der Waals surface area contributed by atoms with E-state index in [0.717, 1.165) is 22.3 Å². The van der Waals surface area contributed by atoms with Crippen molar-refractivity contribution in [3.05, 3.63) is 50.4 Å². The van der Waals surface area contributed by atoms with Gasteiger partial charge in [0.05, 0.1) is 46.8 Å². The lowest BCUT2D eigenvalue weighted by Crippen LogP contribution is -2.38. The molecule has 4 rings (SSSR count). The number of benzene rings is 2. The molecule has 2 aromatic carbocycles. The fourth-order valence-corrected chi connectivity index (χ4v) is 5.66. The molecule has 0 spiro atoms. The normalized spacial score (nSPS) is 16.3. The zero-order valence-corrected chi connectivity index (χ0v) is 24.9. The maximum atomic E-state index is 13.1. The number of nitrogens with zero attached hydrogens (tertiary/aromatic N) is 2. The number of morpholine rings is 1. The molecular formula is C27H28IN3O8S. The molecule has 1 N–H and O–H groups in total. The van der Waals surface area contributed by atoms with Gasteiger partial charge in [-0.25, -0.2) is 4.79 Å². The summed E-state index contributed by atoms with van der Waals surface area (Å²) in [6.07, 6.45) is 1.56. The number of amides is 3. The topological polar surface area (TPSA) is 124 Å². The summed E-state index contributed by atoms with van der Waals surface area (Å²) in [5.41, 5.74) is 2.05. The molecule has 0 saturated carbocycles. The Morgan fingerprint density at radius 1 is 1.15 bits per heavy atom. The van der Waals surface area contributed by atoms with Crippen molar-refractivity contribution in [2.45, 2.75) is 6.92 Å². The number of thioether (sulfide) groups is 1. The van der Waals surface area contributed by atoms with Gasteiger partial charge in [0.1, 0.15) is 6.54 Å². The van der Waals surface area contributed by atoms with E-state index in [4.69, 9.17) is 14.2 Å². The van der Waals surface area contributed by atoms with Crippen LogP contribution in [-0.2, 0) is 23.9 Å². The monoisotopic (exact) mass is 681 g/mol. The fourth-order valence-electron chi connectivity index (χ4n) is 4.04. The van der Waals surface area contributed by atoms with Crippen molar-refractivity contribution in [1.29, 1.82) is 0 Å². The van der Waals surface area contributed by atoms with Gasteiger partial charge in [-0.15, -0.1) is 0 Å². The van der Waals surface area contributed by atoms with Crippen LogP contribution in [0.15, 0.2) is 41.3 Å². The molecule has 2 aromatic rings. The third kappa shape index (κ3) is 7.26. The lowest BCUT2D eigenvalue weighted by atomic mass is 10.2. The fraction of sp³-hybridized carbons (Fsp3) is 0.333. The molecule has 2 saturated heterocycles. The van der Waals surface area contributed by atoms with Gasteiger partial charge in [-0.05, 0) is 77.2 Å². The molecule has 40 heavy (non-hydrogen) atoms. The maximum absolute atomic E-state index is 13.1. The minimum Gasteiger partial charge on any atom is -0.490 e. The summed E-state index contributed by atoms with van der Waals surface area (Å²) >= 11 is 2.79. The molecular weight excluding hydrogens is 653 g/mol. The summed E-state index contributed by atoms with van der Waals surface area (Å²) in [7, 11) is 1.27. The summed E-state index contributed by atoms with van der Waals surface area (Å²) < 4.78 is 21.9. The number of carbonyl (C=O) groups excluding carboxylic acids is 4. The number of esters is 1. The zero-order chi connectivity index (χ0) is 28.6. The molecule has 0 bridgehead atoms. The van der Waals surface area contributed by atoms with Crippen LogP contribution in [0.4, 0.5) is 16.2 Å². The molecule has 13 heteroatoms. The predicted octanol–water partition coefficient (Wildman–Crippen LogP) is 3.75. The van der Waals surface area contributed by atoms with Crippen LogP contribution in [0.1, 0.15) is 12.5 Å². The van der Waals surface area contributed by atoms with E-state index < -0.39 is 29.6 Å². The molecule has 2 aliphatic rings. The van der Waals surface area contributed by atoms with Crippen LogP contribution in [0, 0.1) is 3.57 Å². The van der Waals surface area contributed by atoms with Gasteiger partial charge < -0.3 is 29.2 Å². The third-order valence-electron chi connectivity index (χ3n) is 5.90. The molecule has 0 aromatic heterocycles. The minimum absolute atomic E-state index is 0.174. The second-order valence-electron chi connectivity index (χ2n) is 8.56. The first kappa shape index (κ1) is 29.7. The third-order valence-corrected chi connectivity index (χ3v) is 7.61. The van der Waals surface area contributed by atoms with E-state index in [1.165, 1.54) is 7.11 Å². The number of halogens is 1. The van der Waals surface area contributed by atoms with Gasteiger partial charge in [0, 0.05) is 13.1 Å². The van der Waals surface area contributed by atoms with Gasteiger partial charge >= 0.3 is 5.97 Å². The standard InChI is InChI=1S/C27H28IN3O8S/c1-3-38-21-13-17(12-18(28)25(21)39-16-24(33)36-2)14-22-26(34)31(27(35)40-22)15-23(32)29-19-6-4-5-7-20(19)30-8-10-37-11-9-30/h4-7,12-14H,3,8-11,15-16H2,1-2H3,(H,29,32)/b22-14+. The van der Waals surface area contributed by atoms with Crippen LogP contribution in [0.5, 0.6) is 11.5 Å². The Morgan fingerprint density at radius 3 is 2.62 bits per heavy atom. The second-order valence-corrected chi connectivity index (χ2v) is 10.7. The molecule has 0 aliphatic carbocycles. The molecule has 212 valence electrons. The zero-order valence-electron chi connectivity index (χ0n) is 21.9. The van der Waals surface area contributed by atoms with Crippen molar-refractivity contribution in [2.75, 3.05) is 63.4 Å². The van der Waals surface area contributed by atoms with Crippen LogP contribution >= 0.6 is 34.4 Å². The Kier molecular flexibility index (Phi) is 10.3. The van der Waals surface area contributed by atoms with Gasteiger partial charge in [0.15, 0.2) is 18.1 Å². The molecule has 0 unspecified atom stereocenters. The summed E-state index contributed by atoms with van der Waals surface area (Å²) in [4.78, 5) is 53.4. The van der Waals surface area contributed by atoms with E-state index in [2.05, 4.69) is 15.0 Å².